The number of imidazole rings is 1. The van der Waals surface area contributed by atoms with Gasteiger partial charge in [0.2, 0.25) is 0 Å². The Bertz CT molecular complexity index is 748. The number of fused-ring (bicyclic) bond motifs is 1. The first-order valence-electron chi connectivity index (χ1n) is 6.55. The van der Waals surface area contributed by atoms with E-state index in [0.717, 1.165) is 29.8 Å². The molecule has 0 spiro atoms. The van der Waals surface area contributed by atoms with Gasteiger partial charge in [-0.25, -0.2) is 4.79 Å². The summed E-state index contributed by atoms with van der Waals surface area (Å²) in [6.07, 6.45) is 4.55. The molecule has 0 aliphatic rings. The monoisotopic (exact) mass is 285 g/mol. The lowest BCUT2D eigenvalue weighted by molar-refractivity contribution is 0.679. The minimum atomic E-state index is -0.0277. The molecule has 0 aliphatic carbocycles. The lowest BCUT2D eigenvalue weighted by Gasteiger charge is -2.03. The fourth-order valence-electron chi connectivity index (χ4n) is 2.18. The Hall–Kier alpha value is -2.01. The van der Waals surface area contributed by atoms with Gasteiger partial charge in [-0.2, -0.15) is 0 Å². The molecule has 0 aliphatic heterocycles. The van der Waals surface area contributed by atoms with Crippen molar-refractivity contribution >= 4 is 22.8 Å². The zero-order valence-electron chi connectivity index (χ0n) is 11.0. The standard InChI is InChI=1S/C15H15N3OS/c19-15-17-13-4-1-2-5-14(13)18(15)10-3-11-20-12-6-8-16-9-7-12/h1-2,4-9H,3,10-11H2,(H,17,19). The summed E-state index contributed by atoms with van der Waals surface area (Å²) >= 11 is 1.79. The molecule has 0 amide bonds. The zero-order valence-corrected chi connectivity index (χ0v) is 11.8. The summed E-state index contributed by atoms with van der Waals surface area (Å²) in [5.74, 6) is 0.982. The van der Waals surface area contributed by atoms with Gasteiger partial charge in [-0.1, -0.05) is 12.1 Å². The average molecular weight is 285 g/mol. The van der Waals surface area contributed by atoms with Crippen LogP contribution < -0.4 is 5.69 Å². The van der Waals surface area contributed by atoms with Gasteiger partial charge in [-0.3, -0.25) is 9.55 Å². The van der Waals surface area contributed by atoms with Gasteiger partial charge < -0.3 is 4.98 Å². The largest absolute Gasteiger partial charge is 0.326 e. The number of thioether (sulfide) groups is 1. The third-order valence-corrected chi connectivity index (χ3v) is 4.22. The predicted molar refractivity (Wildman–Crippen MR) is 82.1 cm³/mol. The molecule has 3 aromatic rings. The zero-order chi connectivity index (χ0) is 13.8. The number of aromatic amines is 1. The van der Waals surface area contributed by atoms with Crippen molar-refractivity contribution in [2.75, 3.05) is 5.75 Å². The van der Waals surface area contributed by atoms with Gasteiger partial charge >= 0.3 is 5.69 Å². The predicted octanol–water partition coefficient (Wildman–Crippen LogP) is 2.91. The molecule has 5 heteroatoms. The molecular weight excluding hydrogens is 270 g/mol. The summed E-state index contributed by atoms with van der Waals surface area (Å²) in [5.41, 5.74) is 1.85. The molecule has 0 unspecified atom stereocenters. The highest BCUT2D eigenvalue weighted by atomic mass is 32.2. The van der Waals surface area contributed by atoms with Gasteiger partial charge in [0, 0.05) is 23.8 Å². The summed E-state index contributed by atoms with van der Waals surface area (Å²) in [4.78, 5) is 20.0. The summed E-state index contributed by atoms with van der Waals surface area (Å²) in [6.45, 7) is 0.737. The van der Waals surface area contributed by atoms with Gasteiger partial charge in [-0.05, 0) is 36.4 Å². The second kappa shape index (κ2) is 5.96. The molecule has 0 saturated carbocycles. The van der Waals surface area contributed by atoms with Crippen LogP contribution >= 0.6 is 11.8 Å². The number of benzene rings is 1. The normalized spacial score (nSPS) is 11.0. The molecule has 0 atom stereocenters. The Morgan fingerprint density at radius 2 is 1.95 bits per heavy atom. The molecule has 1 N–H and O–H groups in total. The molecule has 1 aromatic carbocycles. The molecule has 2 heterocycles. The molecule has 0 bridgehead atoms. The van der Waals surface area contributed by atoms with Crippen molar-refractivity contribution < 1.29 is 0 Å². The van der Waals surface area contributed by atoms with Gasteiger partial charge in [0.05, 0.1) is 11.0 Å². The van der Waals surface area contributed by atoms with Crippen LogP contribution in [0, 0.1) is 0 Å². The summed E-state index contributed by atoms with van der Waals surface area (Å²) < 4.78 is 1.81. The second-order valence-corrected chi connectivity index (χ2v) is 5.65. The third kappa shape index (κ3) is 2.77. The number of rotatable bonds is 5. The Balaban J connectivity index is 1.63. The maximum atomic E-state index is 11.9. The first-order valence-corrected chi connectivity index (χ1v) is 7.53. The fourth-order valence-corrected chi connectivity index (χ4v) is 3.00. The van der Waals surface area contributed by atoms with Crippen LogP contribution in [0.15, 0.2) is 58.5 Å². The van der Waals surface area contributed by atoms with Crippen LogP contribution in [0.25, 0.3) is 11.0 Å². The topological polar surface area (TPSA) is 50.7 Å². The highest BCUT2D eigenvalue weighted by Gasteiger charge is 2.05. The minimum Gasteiger partial charge on any atom is -0.306 e. The molecule has 102 valence electrons. The van der Waals surface area contributed by atoms with E-state index in [2.05, 4.69) is 9.97 Å². The van der Waals surface area contributed by atoms with Crippen molar-refractivity contribution in [2.24, 2.45) is 0 Å². The van der Waals surface area contributed by atoms with Gasteiger partial charge in [0.25, 0.3) is 0 Å². The number of H-pyrrole nitrogens is 1. The Morgan fingerprint density at radius 1 is 1.15 bits per heavy atom. The highest BCUT2D eigenvalue weighted by molar-refractivity contribution is 7.99. The van der Waals surface area contributed by atoms with Gasteiger partial charge in [0.15, 0.2) is 0 Å². The molecule has 2 aromatic heterocycles. The van der Waals surface area contributed by atoms with Crippen molar-refractivity contribution in [1.29, 1.82) is 0 Å². The summed E-state index contributed by atoms with van der Waals surface area (Å²) in [6, 6.07) is 11.8. The number of hydrogen-bond donors (Lipinski definition) is 1. The van der Waals surface area contributed by atoms with Crippen LogP contribution in [-0.2, 0) is 6.54 Å². The van der Waals surface area contributed by atoms with Crippen molar-refractivity contribution in [2.45, 2.75) is 17.9 Å². The minimum absolute atomic E-state index is 0.0277. The van der Waals surface area contributed by atoms with Crippen LogP contribution in [0.1, 0.15) is 6.42 Å². The first kappa shape index (κ1) is 13.0. The summed E-state index contributed by atoms with van der Waals surface area (Å²) in [5, 5.41) is 0. The Labute approximate surface area is 120 Å². The van der Waals surface area contributed by atoms with E-state index < -0.39 is 0 Å². The number of nitrogens with zero attached hydrogens (tertiary/aromatic N) is 2. The SMILES string of the molecule is O=c1[nH]c2ccccc2n1CCCSc1ccncc1. The lowest BCUT2D eigenvalue weighted by atomic mass is 10.3. The third-order valence-electron chi connectivity index (χ3n) is 3.13. The van der Waals surface area contributed by atoms with E-state index >= 15 is 0 Å². The second-order valence-electron chi connectivity index (χ2n) is 4.48. The quantitative estimate of drug-likeness (QED) is 0.579. The average Bonchev–Trinajstić information content (AvgIpc) is 2.80. The van der Waals surface area contributed by atoms with Crippen LogP contribution in [0.4, 0.5) is 0 Å². The highest BCUT2D eigenvalue weighted by Crippen LogP contribution is 2.17. The molecule has 0 radical (unpaired) electrons. The number of pyridine rings is 1. The molecule has 4 nitrogen and oxygen atoms in total. The Kier molecular flexibility index (Phi) is 3.87. The molecular formula is C15H15N3OS. The number of para-hydroxylation sites is 2. The number of nitrogens with one attached hydrogen (secondary N) is 1. The molecule has 0 fully saturated rings. The summed E-state index contributed by atoms with van der Waals surface area (Å²) in [7, 11) is 0. The maximum Gasteiger partial charge on any atom is 0.326 e. The van der Waals surface area contributed by atoms with Crippen molar-refractivity contribution in [3.05, 3.63) is 59.3 Å². The van der Waals surface area contributed by atoms with E-state index in [4.69, 9.17) is 0 Å². The van der Waals surface area contributed by atoms with Crippen molar-refractivity contribution in [3.63, 3.8) is 0 Å². The van der Waals surface area contributed by atoms with Crippen molar-refractivity contribution in [1.82, 2.24) is 14.5 Å². The van der Waals surface area contributed by atoms with Crippen LogP contribution in [-0.4, -0.2) is 20.3 Å². The van der Waals surface area contributed by atoms with E-state index in [-0.39, 0.29) is 5.69 Å². The molecule has 3 rings (SSSR count). The van der Waals surface area contributed by atoms with Crippen LogP contribution in [0.3, 0.4) is 0 Å². The number of aryl methyl sites for hydroxylation is 1. The fraction of sp³-hybridized carbons (Fsp3) is 0.200. The Morgan fingerprint density at radius 3 is 2.80 bits per heavy atom. The van der Waals surface area contributed by atoms with E-state index in [1.165, 1.54) is 4.90 Å². The van der Waals surface area contributed by atoms with Crippen LogP contribution in [0.2, 0.25) is 0 Å². The first-order chi connectivity index (χ1) is 9.84. The maximum absolute atomic E-state index is 11.9. The smallest absolute Gasteiger partial charge is 0.306 e. The van der Waals surface area contributed by atoms with Gasteiger partial charge in [-0.15, -0.1) is 11.8 Å². The van der Waals surface area contributed by atoms with E-state index in [1.807, 2.05) is 41.0 Å². The molecule has 0 saturated heterocycles. The number of aromatic nitrogens is 3. The molecule has 20 heavy (non-hydrogen) atoms. The lowest BCUT2D eigenvalue weighted by Crippen LogP contribution is -2.17. The van der Waals surface area contributed by atoms with Crippen molar-refractivity contribution in [3.8, 4) is 0 Å². The van der Waals surface area contributed by atoms with Gasteiger partial charge in [0.1, 0.15) is 0 Å². The van der Waals surface area contributed by atoms with Crippen LogP contribution in [0.5, 0.6) is 0 Å². The number of hydrogen-bond acceptors (Lipinski definition) is 3. The van der Waals surface area contributed by atoms with E-state index in [1.54, 1.807) is 24.2 Å². The van der Waals surface area contributed by atoms with E-state index in [9.17, 15) is 4.79 Å². The van der Waals surface area contributed by atoms with E-state index in [0.29, 0.717) is 0 Å².